The summed E-state index contributed by atoms with van der Waals surface area (Å²) in [7, 11) is 3.65. The van der Waals surface area contributed by atoms with Crippen molar-refractivity contribution in [3.05, 3.63) is 17.5 Å². The van der Waals surface area contributed by atoms with Crippen LogP contribution in [0.15, 0.2) is 6.20 Å². The third-order valence-electron chi connectivity index (χ3n) is 2.71. The van der Waals surface area contributed by atoms with E-state index in [2.05, 4.69) is 23.5 Å². The molecule has 0 spiro atoms. The first-order valence-electron chi connectivity index (χ1n) is 6.09. The molecule has 1 aromatic rings. The van der Waals surface area contributed by atoms with E-state index in [1.54, 1.807) is 7.11 Å². The maximum atomic E-state index is 5.30. The van der Waals surface area contributed by atoms with Crippen LogP contribution in [-0.4, -0.2) is 47.1 Å². The Morgan fingerprint density at radius 1 is 1.61 bits per heavy atom. The Kier molecular flexibility index (Phi) is 6.07. The highest BCUT2D eigenvalue weighted by Crippen LogP contribution is 2.08. The van der Waals surface area contributed by atoms with E-state index in [0.29, 0.717) is 6.61 Å². The fraction of sp³-hybridized carbons (Fsp3) is 0.667. The number of aromatic nitrogens is 2. The van der Waals surface area contributed by atoms with Gasteiger partial charge in [0.1, 0.15) is 0 Å². The Morgan fingerprint density at radius 3 is 2.89 bits per heavy atom. The first kappa shape index (κ1) is 14.9. The summed E-state index contributed by atoms with van der Waals surface area (Å²) >= 11 is 5.30. The molecular weight excluding hydrogens is 248 g/mol. The first-order valence-corrected chi connectivity index (χ1v) is 6.50. The van der Waals surface area contributed by atoms with Crippen LogP contribution in [0.4, 0.5) is 0 Å². The van der Waals surface area contributed by atoms with Crippen molar-refractivity contribution < 1.29 is 4.74 Å². The third-order valence-corrected chi connectivity index (χ3v) is 3.16. The van der Waals surface area contributed by atoms with Crippen molar-refractivity contribution in [2.24, 2.45) is 0 Å². The van der Waals surface area contributed by atoms with Crippen LogP contribution in [0.1, 0.15) is 18.2 Å². The minimum Gasteiger partial charge on any atom is -0.383 e. The van der Waals surface area contributed by atoms with E-state index in [-0.39, 0.29) is 0 Å². The number of thiocarbonyl (C=S) groups is 1. The predicted octanol–water partition coefficient (Wildman–Crippen LogP) is 1.16. The zero-order valence-electron chi connectivity index (χ0n) is 11.6. The van der Waals surface area contributed by atoms with E-state index in [9.17, 15) is 0 Å². The van der Waals surface area contributed by atoms with E-state index < -0.39 is 0 Å². The van der Waals surface area contributed by atoms with E-state index in [1.165, 1.54) is 5.56 Å². The van der Waals surface area contributed by atoms with Gasteiger partial charge in [0.25, 0.3) is 0 Å². The van der Waals surface area contributed by atoms with Crippen molar-refractivity contribution in [2.45, 2.75) is 26.9 Å². The van der Waals surface area contributed by atoms with Crippen molar-refractivity contribution in [1.82, 2.24) is 20.0 Å². The van der Waals surface area contributed by atoms with E-state index in [4.69, 9.17) is 17.0 Å². The van der Waals surface area contributed by atoms with E-state index in [1.807, 2.05) is 23.6 Å². The smallest absolute Gasteiger partial charge is 0.169 e. The molecule has 0 bridgehead atoms. The molecule has 0 radical (unpaired) electrons. The zero-order chi connectivity index (χ0) is 13.5. The maximum absolute atomic E-state index is 5.30. The van der Waals surface area contributed by atoms with Gasteiger partial charge in [-0.05, 0) is 26.1 Å². The van der Waals surface area contributed by atoms with Crippen molar-refractivity contribution in [1.29, 1.82) is 0 Å². The molecule has 0 saturated carbocycles. The first-order chi connectivity index (χ1) is 8.58. The quantitative estimate of drug-likeness (QED) is 0.621. The van der Waals surface area contributed by atoms with Crippen LogP contribution in [0, 0.1) is 6.92 Å². The van der Waals surface area contributed by atoms with Gasteiger partial charge in [-0.15, -0.1) is 0 Å². The minimum atomic E-state index is 0.654. The second kappa shape index (κ2) is 7.33. The molecule has 1 N–H and O–H groups in total. The molecule has 6 heteroatoms. The molecule has 1 heterocycles. The zero-order valence-corrected chi connectivity index (χ0v) is 12.4. The van der Waals surface area contributed by atoms with Crippen LogP contribution < -0.4 is 5.32 Å². The van der Waals surface area contributed by atoms with Crippen molar-refractivity contribution in [2.75, 3.05) is 27.3 Å². The lowest BCUT2D eigenvalue weighted by atomic mass is 10.2. The van der Waals surface area contributed by atoms with Gasteiger partial charge in [-0.2, -0.15) is 5.10 Å². The monoisotopic (exact) mass is 270 g/mol. The molecule has 102 valence electrons. The summed E-state index contributed by atoms with van der Waals surface area (Å²) in [6, 6.07) is 0. The summed E-state index contributed by atoms with van der Waals surface area (Å²) in [6.45, 7) is 7.15. The fourth-order valence-corrected chi connectivity index (χ4v) is 1.77. The number of nitrogens with zero attached hydrogens (tertiary/aromatic N) is 3. The number of hydrogen-bond acceptors (Lipinski definition) is 3. The number of rotatable bonds is 6. The Bertz CT molecular complexity index is 391. The molecule has 0 aliphatic rings. The van der Waals surface area contributed by atoms with Gasteiger partial charge >= 0.3 is 0 Å². The molecule has 0 aliphatic carbocycles. The molecule has 0 fully saturated rings. The highest BCUT2D eigenvalue weighted by atomic mass is 32.1. The molecular formula is C12H22N4OS. The van der Waals surface area contributed by atoms with Gasteiger partial charge < -0.3 is 15.0 Å². The SMILES string of the molecule is CCn1cc(CN(C)C(=S)NCCOC)c(C)n1. The van der Waals surface area contributed by atoms with Crippen LogP contribution in [0.5, 0.6) is 0 Å². The molecule has 0 unspecified atom stereocenters. The summed E-state index contributed by atoms with van der Waals surface area (Å²) in [5, 5.41) is 8.30. The predicted molar refractivity (Wildman–Crippen MR) is 76.6 cm³/mol. The van der Waals surface area contributed by atoms with Crippen LogP contribution in [0.25, 0.3) is 0 Å². The van der Waals surface area contributed by atoms with E-state index >= 15 is 0 Å². The second-order valence-corrected chi connectivity index (χ2v) is 4.56. The Balaban J connectivity index is 2.49. The van der Waals surface area contributed by atoms with Gasteiger partial charge in [0.15, 0.2) is 5.11 Å². The highest BCUT2D eigenvalue weighted by Gasteiger charge is 2.09. The van der Waals surface area contributed by atoms with Crippen LogP contribution in [0.2, 0.25) is 0 Å². The van der Waals surface area contributed by atoms with Crippen molar-refractivity contribution >= 4 is 17.3 Å². The minimum absolute atomic E-state index is 0.654. The van der Waals surface area contributed by atoms with Gasteiger partial charge in [-0.1, -0.05) is 0 Å². The molecule has 0 amide bonds. The topological polar surface area (TPSA) is 42.3 Å². The Labute approximate surface area is 114 Å². The number of methoxy groups -OCH3 is 1. The van der Waals surface area contributed by atoms with Gasteiger partial charge in [-0.25, -0.2) is 0 Å². The average Bonchev–Trinajstić information content (AvgIpc) is 2.70. The Morgan fingerprint density at radius 2 is 2.33 bits per heavy atom. The molecule has 1 rings (SSSR count). The molecule has 18 heavy (non-hydrogen) atoms. The lowest BCUT2D eigenvalue weighted by Crippen LogP contribution is -2.38. The molecule has 0 aliphatic heterocycles. The summed E-state index contributed by atoms with van der Waals surface area (Å²) < 4.78 is 6.92. The van der Waals surface area contributed by atoms with Gasteiger partial charge in [0, 0.05) is 45.6 Å². The number of hydrogen-bond donors (Lipinski definition) is 1. The normalized spacial score (nSPS) is 10.4. The maximum Gasteiger partial charge on any atom is 0.169 e. The molecule has 5 nitrogen and oxygen atoms in total. The summed E-state index contributed by atoms with van der Waals surface area (Å²) in [5.41, 5.74) is 2.26. The standard InChI is InChI=1S/C12H22N4OS/c1-5-16-9-11(10(2)14-16)8-15(3)12(18)13-6-7-17-4/h9H,5-8H2,1-4H3,(H,13,18). The van der Waals surface area contributed by atoms with Gasteiger partial charge in [0.2, 0.25) is 0 Å². The van der Waals surface area contributed by atoms with Gasteiger partial charge in [-0.3, -0.25) is 4.68 Å². The van der Waals surface area contributed by atoms with Crippen LogP contribution in [-0.2, 0) is 17.8 Å². The Hall–Kier alpha value is -1.14. The van der Waals surface area contributed by atoms with E-state index in [0.717, 1.165) is 30.4 Å². The van der Waals surface area contributed by atoms with Crippen LogP contribution in [0.3, 0.4) is 0 Å². The van der Waals surface area contributed by atoms with Crippen LogP contribution >= 0.6 is 12.2 Å². The largest absolute Gasteiger partial charge is 0.383 e. The molecule has 0 aromatic carbocycles. The average molecular weight is 270 g/mol. The molecule has 0 saturated heterocycles. The fourth-order valence-electron chi connectivity index (χ4n) is 1.60. The van der Waals surface area contributed by atoms with Crippen molar-refractivity contribution in [3.8, 4) is 0 Å². The second-order valence-electron chi connectivity index (χ2n) is 4.18. The molecule has 0 atom stereocenters. The van der Waals surface area contributed by atoms with Crippen molar-refractivity contribution in [3.63, 3.8) is 0 Å². The summed E-state index contributed by atoms with van der Waals surface area (Å²) in [6.07, 6.45) is 2.07. The lowest BCUT2D eigenvalue weighted by molar-refractivity contribution is 0.203. The highest BCUT2D eigenvalue weighted by molar-refractivity contribution is 7.80. The number of nitrogens with one attached hydrogen (secondary N) is 1. The summed E-state index contributed by atoms with van der Waals surface area (Å²) in [5.74, 6) is 0. The number of aryl methyl sites for hydroxylation is 2. The summed E-state index contributed by atoms with van der Waals surface area (Å²) in [4.78, 5) is 2.01. The molecule has 1 aromatic heterocycles. The number of ether oxygens (including phenoxy) is 1. The third kappa shape index (κ3) is 4.27. The van der Waals surface area contributed by atoms with Gasteiger partial charge in [0.05, 0.1) is 12.3 Å². The lowest BCUT2D eigenvalue weighted by Gasteiger charge is -2.20.